The average Bonchev–Trinajstić information content (AvgIpc) is 2.69. The summed E-state index contributed by atoms with van der Waals surface area (Å²) in [6.07, 6.45) is 3.63. The van der Waals surface area contributed by atoms with Crippen molar-refractivity contribution in [3.63, 3.8) is 0 Å². The highest BCUT2D eigenvalue weighted by Crippen LogP contribution is 2.09. The highest BCUT2D eigenvalue weighted by Gasteiger charge is 2.15. The van der Waals surface area contributed by atoms with E-state index in [0.29, 0.717) is 5.69 Å². The van der Waals surface area contributed by atoms with Crippen molar-refractivity contribution in [3.8, 4) is 0 Å². The van der Waals surface area contributed by atoms with Gasteiger partial charge >= 0.3 is 0 Å². The smallest absolute Gasteiger partial charge is 0.271 e. The number of aromatic nitrogens is 3. The molecule has 1 aromatic rings. The van der Waals surface area contributed by atoms with Crippen LogP contribution in [-0.2, 0) is 17.7 Å². The van der Waals surface area contributed by atoms with E-state index in [4.69, 9.17) is 10.5 Å². The van der Waals surface area contributed by atoms with Gasteiger partial charge in [0.05, 0.1) is 5.69 Å². The number of hydrogen-bond acceptors (Lipinski definition) is 4. The Balaban J connectivity index is 2.67. The number of aryl methyl sites for hydroxylation is 1. The molecule has 0 radical (unpaired) electrons. The van der Waals surface area contributed by atoms with Crippen LogP contribution in [0.3, 0.4) is 0 Å². The van der Waals surface area contributed by atoms with Crippen molar-refractivity contribution in [1.82, 2.24) is 15.0 Å². The molecule has 1 rings (SSSR count). The number of ether oxygens (including phenoxy) is 1. The van der Waals surface area contributed by atoms with Gasteiger partial charge in [-0.25, -0.2) is 4.68 Å². The Morgan fingerprint density at radius 3 is 2.82 bits per heavy atom. The van der Waals surface area contributed by atoms with E-state index in [2.05, 4.69) is 10.3 Å². The van der Waals surface area contributed by atoms with Crippen LogP contribution >= 0.6 is 0 Å². The van der Waals surface area contributed by atoms with Crippen LogP contribution in [0.1, 0.15) is 42.4 Å². The standard InChI is InChI=1S/C11H20N4O2/c1-3-6-9-10(11(12)16)13-14-15(9)7-4-5-8-17-2/h3-8H2,1-2H3,(H2,12,16). The molecule has 0 saturated carbocycles. The fraction of sp³-hybridized carbons (Fsp3) is 0.727. The zero-order chi connectivity index (χ0) is 12.7. The van der Waals surface area contributed by atoms with Gasteiger partial charge in [0.2, 0.25) is 0 Å². The number of rotatable bonds is 8. The molecule has 17 heavy (non-hydrogen) atoms. The molecule has 0 atom stereocenters. The van der Waals surface area contributed by atoms with E-state index in [0.717, 1.165) is 44.5 Å². The second-order valence-corrected chi connectivity index (χ2v) is 3.92. The summed E-state index contributed by atoms with van der Waals surface area (Å²) in [6.45, 7) is 3.53. The third kappa shape index (κ3) is 3.81. The predicted octanol–water partition coefficient (Wildman–Crippen LogP) is 0.756. The first-order valence-corrected chi connectivity index (χ1v) is 5.91. The van der Waals surface area contributed by atoms with Gasteiger partial charge in [-0.3, -0.25) is 4.79 Å². The third-order valence-corrected chi connectivity index (χ3v) is 2.53. The van der Waals surface area contributed by atoms with Crippen LogP contribution < -0.4 is 5.73 Å². The van der Waals surface area contributed by atoms with Crippen LogP contribution in [-0.4, -0.2) is 34.6 Å². The molecule has 0 bridgehead atoms. The molecule has 96 valence electrons. The molecule has 0 spiro atoms. The first-order chi connectivity index (χ1) is 8.20. The second kappa shape index (κ2) is 7.01. The van der Waals surface area contributed by atoms with Crippen molar-refractivity contribution in [3.05, 3.63) is 11.4 Å². The van der Waals surface area contributed by atoms with Crippen molar-refractivity contribution in [1.29, 1.82) is 0 Å². The highest BCUT2D eigenvalue weighted by atomic mass is 16.5. The van der Waals surface area contributed by atoms with E-state index in [9.17, 15) is 4.79 Å². The number of nitrogens with two attached hydrogens (primary N) is 1. The minimum absolute atomic E-state index is 0.304. The molecule has 6 nitrogen and oxygen atoms in total. The topological polar surface area (TPSA) is 83.0 Å². The van der Waals surface area contributed by atoms with E-state index in [-0.39, 0.29) is 0 Å². The molecule has 0 aromatic carbocycles. The first kappa shape index (κ1) is 13.6. The monoisotopic (exact) mass is 240 g/mol. The van der Waals surface area contributed by atoms with E-state index in [1.165, 1.54) is 0 Å². The van der Waals surface area contributed by atoms with Gasteiger partial charge in [0, 0.05) is 20.3 Å². The van der Waals surface area contributed by atoms with Crippen molar-refractivity contribution in [2.75, 3.05) is 13.7 Å². The summed E-state index contributed by atoms with van der Waals surface area (Å²) in [6, 6.07) is 0. The second-order valence-electron chi connectivity index (χ2n) is 3.92. The molecule has 0 saturated heterocycles. The van der Waals surface area contributed by atoms with Crippen LogP contribution in [0.5, 0.6) is 0 Å². The molecule has 0 fully saturated rings. The molecule has 1 amide bonds. The number of amides is 1. The minimum atomic E-state index is -0.503. The number of unbranched alkanes of at least 4 members (excludes halogenated alkanes) is 1. The van der Waals surface area contributed by atoms with E-state index in [1.807, 2.05) is 6.92 Å². The molecule has 0 unspecified atom stereocenters. The van der Waals surface area contributed by atoms with Gasteiger partial charge in [-0.15, -0.1) is 5.10 Å². The Morgan fingerprint density at radius 2 is 2.24 bits per heavy atom. The number of carbonyl (C=O) groups is 1. The molecular weight excluding hydrogens is 220 g/mol. The summed E-state index contributed by atoms with van der Waals surface area (Å²) in [4.78, 5) is 11.2. The van der Waals surface area contributed by atoms with Crippen molar-refractivity contribution in [2.24, 2.45) is 5.73 Å². The van der Waals surface area contributed by atoms with E-state index >= 15 is 0 Å². The summed E-state index contributed by atoms with van der Waals surface area (Å²) in [7, 11) is 1.68. The van der Waals surface area contributed by atoms with E-state index < -0.39 is 5.91 Å². The van der Waals surface area contributed by atoms with Gasteiger partial charge in [-0.05, 0) is 19.3 Å². The maximum atomic E-state index is 11.2. The van der Waals surface area contributed by atoms with E-state index in [1.54, 1.807) is 11.8 Å². The van der Waals surface area contributed by atoms with Crippen LogP contribution in [0.25, 0.3) is 0 Å². The third-order valence-electron chi connectivity index (χ3n) is 2.53. The van der Waals surface area contributed by atoms with Crippen molar-refractivity contribution >= 4 is 5.91 Å². The average molecular weight is 240 g/mol. The summed E-state index contributed by atoms with van der Waals surface area (Å²) in [5.74, 6) is -0.503. The lowest BCUT2D eigenvalue weighted by molar-refractivity contribution is 0.0994. The zero-order valence-corrected chi connectivity index (χ0v) is 10.5. The Morgan fingerprint density at radius 1 is 1.47 bits per heavy atom. The van der Waals surface area contributed by atoms with Gasteiger partial charge in [-0.1, -0.05) is 18.6 Å². The molecule has 1 heterocycles. The predicted molar refractivity (Wildman–Crippen MR) is 63.6 cm³/mol. The highest BCUT2D eigenvalue weighted by molar-refractivity contribution is 5.91. The molecule has 0 aliphatic carbocycles. The molecule has 6 heteroatoms. The van der Waals surface area contributed by atoms with Crippen LogP contribution in [0.4, 0.5) is 0 Å². The lowest BCUT2D eigenvalue weighted by Crippen LogP contribution is -2.15. The summed E-state index contributed by atoms with van der Waals surface area (Å²) in [5.41, 5.74) is 6.41. The number of nitrogens with zero attached hydrogens (tertiary/aromatic N) is 3. The summed E-state index contributed by atoms with van der Waals surface area (Å²) < 4.78 is 6.76. The minimum Gasteiger partial charge on any atom is -0.385 e. The quantitative estimate of drug-likeness (QED) is 0.680. The van der Waals surface area contributed by atoms with Gasteiger partial charge in [0.25, 0.3) is 5.91 Å². The van der Waals surface area contributed by atoms with Gasteiger partial charge in [0.1, 0.15) is 0 Å². The Bertz CT molecular complexity index is 362. The zero-order valence-electron chi connectivity index (χ0n) is 10.5. The largest absolute Gasteiger partial charge is 0.385 e. The maximum Gasteiger partial charge on any atom is 0.271 e. The van der Waals surface area contributed by atoms with Crippen molar-refractivity contribution < 1.29 is 9.53 Å². The fourth-order valence-electron chi connectivity index (χ4n) is 1.70. The Kier molecular flexibility index (Phi) is 5.62. The van der Waals surface area contributed by atoms with Crippen LogP contribution in [0.2, 0.25) is 0 Å². The SMILES string of the molecule is CCCc1c(C(N)=O)nnn1CCCCOC. The van der Waals surface area contributed by atoms with Gasteiger partial charge < -0.3 is 10.5 Å². The number of primary amides is 1. The van der Waals surface area contributed by atoms with Gasteiger partial charge in [-0.2, -0.15) is 0 Å². The van der Waals surface area contributed by atoms with Crippen LogP contribution in [0.15, 0.2) is 0 Å². The molecule has 0 aliphatic heterocycles. The summed E-state index contributed by atoms with van der Waals surface area (Å²) in [5, 5.41) is 7.82. The fourth-order valence-corrected chi connectivity index (χ4v) is 1.70. The molecular formula is C11H20N4O2. The lowest BCUT2D eigenvalue weighted by atomic mass is 10.2. The molecule has 0 aliphatic rings. The van der Waals surface area contributed by atoms with Crippen molar-refractivity contribution in [2.45, 2.75) is 39.2 Å². The Hall–Kier alpha value is -1.43. The number of carbonyl (C=O) groups excluding carboxylic acids is 1. The molecule has 1 aromatic heterocycles. The maximum absolute atomic E-state index is 11.2. The Labute approximate surface area is 101 Å². The van der Waals surface area contributed by atoms with Crippen LogP contribution in [0, 0.1) is 0 Å². The number of methoxy groups -OCH3 is 1. The summed E-state index contributed by atoms with van der Waals surface area (Å²) >= 11 is 0. The molecule has 2 N–H and O–H groups in total. The number of hydrogen-bond donors (Lipinski definition) is 1. The van der Waals surface area contributed by atoms with Gasteiger partial charge in [0.15, 0.2) is 5.69 Å². The normalized spacial score (nSPS) is 10.7. The first-order valence-electron chi connectivity index (χ1n) is 5.91. The lowest BCUT2D eigenvalue weighted by Gasteiger charge is -2.05.